The Kier molecular flexibility index (Phi) is 4.03. The second-order valence-electron chi connectivity index (χ2n) is 5.91. The summed E-state index contributed by atoms with van der Waals surface area (Å²) in [7, 11) is 0. The van der Waals surface area contributed by atoms with Gasteiger partial charge in [-0.15, -0.1) is 0 Å². The molecule has 0 spiro atoms. The van der Waals surface area contributed by atoms with Crippen molar-refractivity contribution in [2.24, 2.45) is 5.73 Å². The van der Waals surface area contributed by atoms with E-state index < -0.39 is 0 Å². The number of fused-ring (bicyclic) bond motifs is 1. The first-order valence-electron chi connectivity index (χ1n) is 7.58. The van der Waals surface area contributed by atoms with Gasteiger partial charge in [0.15, 0.2) is 0 Å². The number of hydrogen-bond acceptors (Lipinski definition) is 3. The van der Waals surface area contributed by atoms with Gasteiger partial charge in [-0.2, -0.15) is 0 Å². The molecule has 20 heavy (non-hydrogen) atoms. The van der Waals surface area contributed by atoms with E-state index in [0.717, 1.165) is 57.5 Å². The largest absolute Gasteiger partial charge is 0.369 e. The zero-order valence-electron chi connectivity index (χ0n) is 11.9. The molecule has 1 heterocycles. The van der Waals surface area contributed by atoms with Crippen molar-refractivity contribution in [1.82, 2.24) is 10.2 Å². The molecule has 1 aromatic carbocycles. The molecule has 1 aromatic rings. The maximum Gasteiger partial charge on any atom is 0.224 e. The highest BCUT2D eigenvalue weighted by molar-refractivity contribution is 5.82. The molecule has 1 saturated heterocycles. The lowest BCUT2D eigenvalue weighted by molar-refractivity contribution is -0.119. The zero-order chi connectivity index (χ0) is 13.9. The Hall–Kier alpha value is -1.39. The lowest BCUT2D eigenvalue weighted by Crippen LogP contribution is -2.42. The third-order valence-corrected chi connectivity index (χ3v) is 4.48. The van der Waals surface area contributed by atoms with Gasteiger partial charge >= 0.3 is 0 Å². The first kappa shape index (κ1) is 13.6. The molecule has 0 bridgehead atoms. The Labute approximate surface area is 120 Å². The van der Waals surface area contributed by atoms with Gasteiger partial charge in [-0.25, -0.2) is 0 Å². The van der Waals surface area contributed by atoms with Gasteiger partial charge in [0.25, 0.3) is 0 Å². The molecule has 1 aliphatic heterocycles. The minimum atomic E-state index is -0.180. The number of benzene rings is 1. The summed E-state index contributed by atoms with van der Waals surface area (Å²) in [5.41, 5.74) is 9.36. The van der Waals surface area contributed by atoms with E-state index in [1.807, 2.05) is 0 Å². The average molecular weight is 273 g/mol. The van der Waals surface area contributed by atoms with Crippen LogP contribution in [0.2, 0.25) is 0 Å². The van der Waals surface area contributed by atoms with E-state index in [4.69, 9.17) is 5.73 Å². The number of nitrogens with one attached hydrogen (secondary N) is 1. The van der Waals surface area contributed by atoms with E-state index in [0.29, 0.717) is 0 Å². The molecular weight excluding hydrogens is 250 g/mol. The zero-order valence-corrected chi connectivity index (χ0v) is 11.9. The van der Waals surface area contributed by atoms with Gasteiger partial charge in [0.05, 0.1) is 5.92 Å². The third-order valence-electron chi connectivity index (χ3n) is 4.48. The summed E-state index contributed by atoms with van der Waals surface area (Å²) in [5.74, 6) is -0.257. The summed E-state index contributed by atoms with van der Waals surface area (Å²) >= 11 is 0. The van der Waals surface area contributed by atoms with E-state index in [-0.39, 0.29) is 11.8 Å². The first-order valence-corrected chi connectivity index (χ1v) is 7.58. The number of nitrogens with two attached hydrogens (primary N) is 1. The minimum Gasteiger partial charge on any atom is -0.369 e. The van der Waals surface area contributed by atoms with Crippen molar-refractivity contribution in [2.75, 3.05) is 26.2 Å². The fourth-order valence-corrected chi connectivity index (χ4v) is 3.39. The molecule has 1 aliphatic carbocycles. The summed E-state index contributed by atoms with van der Waals surface area (Å²) < 4.78 is 0. The van der Waals surface area contributed by atoms with Gasteiger partial charge in [-0.1, -0.05) is 18.2 Å². The SMILES string of the molecule is NC(=O)C1CCCc2cc(CN3CCNCC3)ccc21. The van der Waals surface area contributed by atoms with Crippen molar-refractivity contribution in [3.8, 4) is 0 Å². The standard InChI is InChI=1S/C16H23N3O/c17-16(20)15-3-1-2-13-10-12(4-5-14(13)15)11-19-8-6-18-7-9-19/h4-5,10,15,18H,1-3,6-9,11H2,(H2,17,20). The number of aryl methyl sites for hydroxylation is 1. The summed E-state index contributed by atoms with van der Waals surface area (Å²) in [5, 5.41) is 3.38. The maximum atomic E-state index is 11.5. The Bertz CT molecular complexity index is 494. The van der Waals surface area contributed by atoms with Gasteiger partial charge in [0.2, 0.25) is 5.91 Å². The molecule has 3 rings (SSSR count). The second kappa shape index (κ2) is 5.94. The fourth-order valence-electron chi connectivity index (χ4n) is 3.39. The van der Waals surface area contributed by atoms with Crippen molar-refractivity contribution in [1.29, 1.82) is 0 Å². The summed E-state index contributed by atoms with van der Waals surface area (Å²) in [6.07, 6.45) is 3.05. The van der Waals surface area contributed by atoms with Crippen LogP contribution in [-0.2, 0) is 17.8 Å². The highest BCUT2D eigenvalue weighted by atomic mass is 16.1. The number of primary amides is 1. The van der Waals surface area contributed by atoms with Crippen molar-refractivity contribution < 1.29 is 4.79 Å². The van der Waals surface area contributed by atoms with Gasteiger partial charge in [-0.3, -0.25) is 9.69 Å². The van der Waals surface area contributed by atoms with Crippen LogP contribution < -0.4 is 11.1 Å². The van der Waals surface area contributed by atoms with Crippen LogP contribution in [0.4, 0.5) is 0 Å². The van der Waals surface area contributed by atoms with Crippen molar-refractivity contribution in [3.63, 3.8) is 0 Å². The molecule has 1 unspecified atom stereocenters. The van der Waals surface area contributed by atoms with E-state index in [1.165, 1.54) is 11.1 Å². The van der Waals surface area contributed by atoms with E-state index in [9.17, 15) is 4.79 Å². The van der Waals surface area contributed by atoms with Gasteiger partial charge in [0.1, 0.15) is 0 Å². The minimum absolute atomic E-state index is 0.0769. The normalized spacial score (nSPS) is 23.3. The predicted molar refractivity (Wildman–Crippen MR) is 79.5 cm³/mol. The van der Waals surface area contributed by atoms with Gasteiger partial charge in [-0.05, 0) is 36.0 Å². The maximum absolute atomic E-state index is 11.5. The fraction of sp³-hybridized carbons (Fsp3) is 0.562. The van der Waals surface area contributed by atoms with Gasteiger partial charge in [0, 0.05) is 32.7 Å². The highest BCUT2D eigenvalue weighted by Crippen LogP contribution is 2.32. The molecule has 3 N–H and O–H groups in total. The lowest BCUT2D eigenvalue weighted by atomic mass is 9.81. The molecule has 108 valence electrons. The summed E-state index contributed by atoms with van der Waals surface area (Å²) in [6, 6.07) is 6.58. The second-order valence-corrected chi connectivity index (χ2v) is 5.91. The molecule has 0 radical (unpaired) electrons. The van der Waals surface area contributed by atoms with E-state index >= 15 is 0 Å². The number of hydrogen-bond donors (Lipinski definition) is 2. The Balaban J connectivity index is 1.76. The number of carbonyl (C=O) groups is 1. The predicted octanol–water partition coefficient (Wildman–Crippen LogP) is 0.997. The van der Waals surface area contributed by atoms with E-state index in [2.05, 4.69) is 28.4 Å². The van der Waals surface area contributed by atoms with Crippen LogP contribution in [0.1, 0.15) is 35.4 Å². The van der Waals surface area contributed by atoms with Crippen LogP contribution in [0.25, 0.3) is 0 Å². The van der Waals surface area contributed by atoms with Crippen LogP contribution in [0.3, 0.4) is 0 Å². The molecule has 2 aliphatic rings. The quantitative estimate of drug-likeness (QED) is 0.863. The van der Waals surface area contributed by atoms with Crippen molar-refractivity contribution in [2.45, 2.75) is 31.7 Å². The van der Waals surface area contributed by atoms with Crippen LogP contribution in [-0.4, -0.2) is 37.0 Å². The molecule has 1 fully saturated rings. The van der Waals surface area contributed by atoms with Crippen LogP contribution >= 0.6 is 0 Å². The number of carbonyl (C=O) groups excluding carboxylic acids is 1. The molecule has 4 nitrogen and oxygen atoms in total. The summed E-state index contributed by atoms with van der Waals surface area (Å²) in [6.45, 7) is 5.39. The number of nitrogens with zero attached hydrogens (tertiary/aromatic N) is 1. The average Bonchev–Trinajstić information content (AvgIpc) is 2.47. The smallest absolute Gasteiger partial charge is 0.224 e. The van der Waals surface area contributed by atoms with Crippen LogP contribution in [0, 0.1) is 0 Å². The molecule has 1 amide bonds. The Morgan fingerprint density at radius 2 is 2.15 bits per heavy atom. The Morgan fingerprint density at radius 3 is 2.90 bits per heavy atom. The number of amides is 1. The molecule has 0 aromatic heterocycles. The number of rotatable bonds is 3. The van der Waals surface area contributed by atoms with Crippen molar-refractivity contribution >= 4 is 5.91 Å². The first-order chi connectivity index (χ1) is 9.74. The van der Waals surface area contributed by atoms with Crippen LogP contribution in [0.5, 0.6) is 0 Å². The molecule has 4 heteroatoms. The Morgan fingerprint density at radius 1 is 1.35 bits per heavy atom. The lowest BCUT2D eigenvalue weighted by Gasteiger charge is -2.28. The molecule has 0 saturated carbocycles. The molecular formula is C16H23N3O. The third kappa shape index (κ3) is 2.86. The van der Waals surface area contributed by atoms with E-state index in [1.54, 1.807) is 0 Å². The molecule has 1 atom stereocenters. The van der Waals surface area contributed by atoms with Crippen LogP contribution in [0.15, 0.2) is 18.2 Å². The topological polar surface area (TPSA) is 58.4 Å². The van der Waals surface area contributed by atoms with Crippen molar-refractivity contribution in [3.05, 3.63) is 34.9 Å². The highest BCUT2D eigenvalue weighted by Gasteiger charge is 2.24. The number of piperazine rings is 1. The summed E-state index contributed by atoms with van der Waals surface area (Å²) in [4.78, 5) is 14.0. The monoisotopic (exact) mass is 273 g/mol. The van der Waals surface area contributed by atoms with Gasteiger partial charge < -0.3 is 11.1 Å².